The molecule has 21 heavy (non-hydrogen) atoms. The molecule has 1 saturated carbocycles. The lowest BCUT2D eigenvalue weighted by Crippen LogP contribution is -2.21. The Labute approximate surface area is 132 Å². The summed E-state index contributed by atoms with van der Waals surface area (Å²) in [5, 5.41) is 4.75. The van der Waals surface area contributed by atoms with Crippen LogP contribution in [0.2, 0.25) is 0 Å². The van der Waals surface area contributed by atoms with Crippen LogP contribution in [-0.2, 0) is 16.7 Å². The Morgan fingerprint density at radius 2 is 2.10 bits per heavy atom. The van der Waals surface area contributed by atoms with Gasteiger partial charge in [-0.25, -0.2) is 4.98 Å². The van der Waals surface area contributed by atoms with E-state index in [1.807, 2.05) is 11.3 Å². The number of rotatable bonds is 8. The van der Waals surface area contributed by atoms with Crippen LogP contribution in [0.15, 0.2) is 0 Å². The predicted octanol–water partition coefficient (Wildman–Crippen LogP) is 3.17. The number of ether oxygens (including phenoxy) is 1. The van der Waals surface area contributed by atoms with E-state index in [1.54, 1.807) is 7.11 Å². The third-order valence-corrected chi connectivity index (χ3v) is 4.86. The van der Waals surface area contributed by atoms with Gasteiger partial charge in [0.15, 0.2) is 5.13 Å². The third-order valence-electron chi connectivity index (χ3n) is 3.69. The SMILES string of the molecule is COCCCN(C)c1nc(C(C)(C)C)c(CNC2CC2)s1. The quantitative estimate of drug-likeness (QED) is 0.748. The fourth-order valence-corrected chi connectivity index (χ4v) is 3.48. The van der Waals surface area contributed by atoms with Gasteiger partial charge in [0, 0.05) is 50.2 Å². The van der Waals surface area contributed by atoms with Crippen LogP contribution in [0.5, 0.6) is 0 Å². The molecule has 1 aliphatic rings. The van der Waals surface area contributed by atoms with E-state index in [1.165, 1.54) is 23.4 Å². The molecule has 1 N–H and O–H groups in total. The number of aromatic nitrogens is 1. The summed E-state index contributed by atoms with van der Waals surface area (Å²) in [6.45, 7) is 9.49. The maximum absolute atomic E-state index is 5.13. The van der Waals surface area contributed by atoms with Gasteiger partial charge in [0.25, 0.3) is 0 Å². The van der Waals surface area contributed by atoms with Gasteiger partial charge < -0.3 is 15.0 Å². The van der Waals surface area contributed by atoms with E-state index in [0.717, 1.165) is 37.3 Å². The fourth-order valence-electron chi connectivity index (χ4n) is 2.27. The Kier molecular flexibility index (Phi) is 5.63. The van der Waals surface area contributed by atoms with E-state index in [2.05, 4.69) is 38.0 Å². The molecule has 5 heteroatoms. The molecular weight excluding hydrogens is 282 g/mol. The summed E-state index contributed by atoms with van der Waals surface area (Å²) in [5.41, 5.74) is 1.34. The smallest absolute Gasteiger partial charge is 0.185 e. The highest BCUT2D eigenvalue weighted by Crippen LogP contribution is 2.34. The van der Waals surface area contributed by atoms with E-state index in [4.69, 9.17) is 9.72 Å². The van der Waals surface area contributed by atoms with Crippen molar-refractivity contribution in [3.05, 3.63) is 10.6 Å². The van der Waals surface area contributed by atoms with E-state index in [0.29, 0.717) is 0 Å². The molecule has 0 atom stereocenters. The molecule has 1 aliphatic carbocycles. The molecule has 4 nitrogen and oxygen atoms in total. The highest BCUT2D eigenvalue weighted by atomic mass is 32.1. The van der Waals surface area contributed by atoms with Crippen molar-refractivity contribution in [1.29, 1.82) is 0 Å². The van der Waals surface area contributed by atoms with Crippen molar-refractivity contribution in [2.45, 2.75) is 58.0 Å². The van der Waals surface area contributed by atoms with E-state index in [-0.39, 0.29) is 5.41 Å². The van der Waals surface area contributed by atoms with Crippen LogP contribution in [0.1, 0.15) is 50.6 Å². The third kappa shape index (κ3) is 4.94. The summed E-state index contributed by atoms with van der Waals surface area (Å²) < 4.78 is 5.13. The van der Waals surface area contributed by atoms with Crippen LogP contribution in [0.3, 0.4) is 0 Å². The number of thiazole rings is 1. The number of hydrogen-bond donors (Lipinski definition) is 1. The second kappa shape index (κ2) is 7.07. The van der Waals surface area contributed by atoms with E-state index < -0.39 is 0 Å². The molecule has 1 fully saturated rings. The number of nitrogens with zero attached hydrogens (tertiary/aromatic N) is 2. The van der Waals surface area contributed by atoms with Gasteiger partial charge in [0.2, 0.25) is 0 Å². The molecule has 0 amide bonds. The summed E-state index contributed by atoms with van der Waals surface area (Å²) in [7, 11) is 3.88. The second-order valence-corrected chi connectivity index (χ2v) is 8.00. The van der Waals surface area contributed by atoms with Crippen molar-refractivity contribution in [3.8, 4) is 0 Å². The lowest BCUT2D eigenvalue weighted by atomic mass is 9.91. The maximum atomic E-state index is 5.13. The van der Waals surface area contributed by atoms with Crippen LogP contribution < -0.4 is 10.2 Å². The molecule has 0 saturated heterocycles. The molecular formula is C16H29N3OS. The highest BCUT2D eigenvalue weighted by Gasteiger charge is 2.26. The zero-order valence-corrected chi connectivity index (χ0v) is 14.8. The zero-order valence-electron chi connectivity index (χ0n) is 14.0. The van der Waals surface area contributed by atoms with Gasteiger partial charge in [0.05, 0.1) is 5.69 Å². The van der Waals surface area contributed by atoms with Gasteiger partial charge in [0.1, 0.15) is 0 Å². The maximum Gasteiger partial charge on any atom is 0.185 e. The average molecular weight is 311 g/mol. The number of anilines is 1. The second-order valence-electron chi connectivity index (χ2n) is 6.94. The first-order chi connectivity index (χ1) is 9.91. The summed E-state index contributed by atoms with van der Waals surface area (Å²) in [6.07, 6.45) is 3.69. The van der Waals surface area contributed by atoms with Crippen LogP contribution in [0.4, 0.5) is 5.13 Å². The van der Waals surface area contributed by atoms with Crippen molar-refractivity contribution in [2.75, 3.05) is 32.2 Å². The lowest BCUT2D eigenvalue weighted by Gasteiger charge is -2.18. The molecule has 2 rings (SSSR count). The number of methoxy groups -OCH3 is 1. The van der Waals surface area contributed by atoms with Gasteiger partial charge in [-0.15, -0.1) is 11.3 Å². The van der Waals surface area contributed by atoms with Gasteiger partial charge in [-0.05, 0) is 19.3 Å². The first-order valence-corrected chi connectivity index (χ1v) is 8.67. The molecule has 0 aromatic carbocycles. The van der Waals surface area contributed by atoms with Gasteiger partial charge >= 0.3 is 0 Å². The van der Waals surface area contributed by atoms with Crippen molar-refractivity contribution in [2.24, 2.45) is 0 Å². The first-order valence-electron chi connectivity index (χ1n) is 7.85. The number of nitrogens with one attached hydrogen (secondary N) is 1. The molecule has 0 radical (unpaired) electrons. The molecule has 120 valence electrons. The predicted molar refractivity (Wildman–Crippen MR) is 90.4 cm³/mol. The lowest BCUT2D eigenvalue weighted by molar-refractivity contribution is 0.196. The van der Waals surface area contributed by atoms with Crippen molar-refractivity contribution >= 4 is 16.5 Å². The molecule has 0 bridgehead atoms. The Hall–Kier alpha value is -0.650. The summed E-state index contributed by atoms with van der Waals surface area (Å²) in [5.74, 6) is 0. The summed E-state index contributed by atoms with van der Waals surface area (Å²) in [6, 6.07) is 0.739. The van der Waals surface area contributed by atoms with Crippen LogP contribution in [0.25, 0.3) is 0 Å². The van der Waals surface area contributed by atoms with Crippen LogP contribution >= 0.6 is 11.3 Å². The first kappa shape index (κ1) is 16.7. The van der Waals surface area contributed by atoms with Gasteiger partial charge in [-0.2, -0.15) is 0 Å². The van der Waals surface area contributed by atoms with Crippen LogP contribution in [-0.4, -0.2) is 38.3 Å². The Bertz CT molecular complexity index is 449. The monoisotopic (exact) mass is 311 g/mol. The summed E-state index contributed by atoms with van der Waals surface area (Å²) in [4.78, 5) is 8.56. The molecule has 1 heterocycles. The van der Waals surface area contributed by atoms with Crippen molar-refractivity contribution in [3.63, 3.8) is 0 Å². The Balaban J connectivity index is 2.06. The minimum atomic E-state index is 0.0999. The Morgan fingerprint density at radius 1 is 1.38 bits per heavy atom. The molecule has 0 spiro atoms. The highest BCUT2D eigenvalue weighted by molar-refractivity contribution is 7.15. The zero-order chi connectivity index (χ0) is 15.5. The van der Waals surface area contributed by atoms with Crippen LogP contribution in [0, 0.1) is 0 Å². The fraction of sp³-hybridized carbons (Fsp3) is 0.812. The van der Waals surface area contributed by atoms with Gasteiger partial charge in [-0.3, -0.25) is 0 Å². The van der Waals surface area contributed by atoms with E-state index >= 15 is 0 Å². The van der Waals surface area contributed by atoms with Crippen molar-refractivity contribution < 1.29 is 4.74 Å². The normalized spacial score (nSPS) is 15.5. The number of hydrogen-bond acceptors (Lipinski definition) is 5. The molecule has 0 aliphatic heterocycles. The standard InChI is InChI=1S/C16H29N3OS/c1-16(2,3)14-13(11-17-12-7-8-12)21-15(18-14)19(4)9-6-10-20-5/h12,17H,6-11H2,1-5H3. The van der Waals surface area contributed by atoms with Gasteiger partial charge in [-0.1, -0.05) is 20.8 Å². The topological polar surface area (TPSA) is 37.4 Å². The van der Waals surface area contributed by atoms with E-state index in [9.17, 15) is 0 Å². The molecule has 0 unspecified atom stereocenters. The average Bonchev–Trinajstić information content (AvgIpc) is 3.13. The largest absolute Gasteiger partial charge is 0.385 e. The summed E-state index contributed by atoms with van der Waals surface area (Å²) >= 11 is 1.83. The molecule has 1 aromatic rings. The Morgan fingerprint density at radius 3 is 2.67 bits per heavy atom. The minimum Gasteiger partial charge on any atom is -0.385 e. The molecule has 1 aromatic heterocycles. The minimum absolute atomic E-state index is 0.0999. The van der Waals surface area contributed by atoms with Crippen molar-refractivity contribution in [1.82, 2.24) is 10.3 Å².